The number of methoxy groups -OCH3 is 1. The summed E-state index contributed by atoms with van der Waals surface area (Å²) in [6.45, 7) is 3.34. The molecule has 2 rings (SSSR count). The molecule has 0 bridgehead atoms. The van der Waals surface area contributed by atoms with Crippen molar-refractivity contribution >= 4 is 27.7 Å². The zero-order valence-electron chi connectivity index (χ0n) is 10.9. The van der Waals surface area contributed by atoms with Gasteiger partial charge in [-0.15, -0.1) is 0 Å². The molecular weight excluding hydrogens is 310 g/mol. The maximum Gasteiger partial charge on any atom is 0.133 e. The summed E-state index contributed by atoms with van der Waals surface area (Å²) in [5, 5.41) is 3.63. The summed E-state index contributed by atoms with van der Waals surface area (Å²) in [7, 11) is 1.69. The van der Waals surface area contributed by atoms with E-state index >= 15 is 0 Å². The van der Waals surface area contributed by atoms with E-state index in [9.17, 15) is 0 Å². The highest BCUT2D eigenvalue weighted by molar-refractivity contribution is 9.10. The maximum atomic E-state index is 5.25. The Bertz CT molecular complexity index is 393. The van der Waals surface area contributed by atoms with Gasteiger partial charge in [-0.25, -0.2) is 0 Å². The molecular formula is C14H20BrNOS. The molecule has 1 aromatic carbocycles. The lowest BCUT2D eigenvalue weighted by Gasteiger charge is -2.18. The van der Waals surface area contributed by atoms with Crippen molar-refractivity contribution in [2.75, 3.05) is 25.2 Å². The maximum absolute atomic E-state index is 5.25. The first-order chi connectivity index (χ1) is 8.70. The number of rotatable bonds is 5. The number of hydrogen-bond acceptors (Lipinski definition) is 3. The summed E-state index contributed by atoms with van der Waals surface area (Å²) >= 11 is 5.61. The van der Waals surface area contributed by atoms with E-state index in [1.165, 1.54) is 23.5 Å². The Hall–Kier alpha value is -0.190. The number of hydrogen-bond donors (Lipinski definition) is 1. The second-order valence-electron chi connectivity index (χ2n) is 4.75. The molecule has 2 atom stereocenters. The molecule has 18 heavy (non-hydrogen) atoms. The molecule has 0 spiro atoms. The van der Waals surface area contributed by atoms with Gasteiger partial charge in [0.15, 0.2) is 0 Å². The van der Waals surface area contributed by atoms with Crippen LogP contribution in [-0.2, 0) is 0 Å². The SMILES string of the molecule is COc1ccc(C(C)NCC2CCSC2)cc1Br. The molecule has 0 aromatic heterocycles. The molecule has 1 N–H and O–H groups in total. The van der Waals surface area contributed by atoms with Crippen molar-refractivity contribution in [2.45, 2.75) is 19.4 Å². The van der Waals surface area contributed by atoms with Gasteiger partial charge in [-0.05, 0) is 70.9 Å². The Balaban J connectivity index is 1.91. The Morgan fingerprint density at radius 1 is 1.56 bits per heavy atom. The molecule has 1 aliphatic rings. The first-order valence-electron chi connectivity index (χ1n) is 6.35. The van der Waals surface area contributed by atoms with Crippen molar-refractivity contribution in [3.05, 3.63) is 28.2 Å². The third kappa shape index (κ3) is 3.65. The van der Waals surface area contributed by atoms with Crippen LogP contribution in [0.5, 0.6) is 5.75 Å². The van der Waals surface area contributed by atoms with Crippen molar-refractivity contribution in [1.82, 2.24) is 5.32 Å². The Labute approximate surface area is 122 Å². The van der Waals surface area contributed by atoms with Gasteiger partial charge in [-0.1, -0.05) is 6.07 Å². The average Bonchev–Trinajstić information content (AvgIpc) is 2.89. The minimum atomic E-state index is 0.387. The highest BCUT2D eigenvalue weighted by Gasteiger charge is 2.16. The van der Waals surface area contributed by atoms with E-state index in [0.717, 1.165) is 22.7 Å². The smallest absolute Gasteiger partial charge is 0.133 e. The highest BCUT2D eigenvalue weighted by Crippen LogP contribution is 2.28. The van der Waals surface area contributed by atoms with Crippen LogP contribution in [0.2, 0.25) is 0 Å². The van der Waals surface area contributed by atoms with Gasteiger partial charge in [0.1, 0.15) is 5.75 Å². The fourth-order valence-corrected chi connectivity index (χ4v) is 4.00. The number of ether oxygens (including phenoxy) is 1. The monoisotopic (exact) mass is 329 g/mol. The van der Waals surface area contributed by atoms with Crippen LogP contribution in [0.3, 0.4) is 0 Å². The van der Waals surface area contributed by atoms with Crippen LogP contribution < -0.4 is 10.1 Å². The van der Waals surface area contributed by atoms with Crippen molar-refractivity contribution in [3.8, 4) is 5.75 Å². The molecule has 2 nitrogen and oxygen atoms in total. The van der Waals surface area contributed by atoms with Gasteiger partial charge in [0.25, 0.3) is 0 Å². The largest absolute Gasteiger partial charge is 0.496 e. The Kier molecular flexibility index (Phi) is 5.39. The molecule has 1 heterocycles. The van der Waals surface area contributed by atoms with Crippen LogP contribution in [-0.4, -0.2) is 25.2 Å². The van der Waals surface area contributed by atoms with E-state index in [1.807, 2.05) is 6.07 Å². The second kappa shape index (κ2) is 6.83. The van der Waals surface area contributed by atoms with Crippen molar-refractivity contribution in [3.63, 3.8) is 0 Å². The van der Waals surface area contributed by atoms with Gasteiger partial charge in [0, 0.05) is 6.04 Å². The predicted molar refractivity (Wildman–Crippen MR) is 82.5 cm³/mol. The van der Waals surface area contributed by atoms with Crippen molar-refractivity contribution < 1.29 is 4.74 Å². The van der Waals surface area contributed by atoms with Crippen LogP contribution in [0.1, 0.15) is 24.9 Å². The van der Waals surface area contributed by atoms with E-state index in [2.05, 4.69) is 52.1 Å². The van der Waals surface area contributed by atoms with Gasteiger partial charge in [-0.2, -0.15) is 11.8 Å². The van der Waals surface area contributed by atoms with Crippen LogP contribution in [0.15, 0.2) is 22.7 Å². The van der Waals surface area contributed by atoms with E-state index < -0.39 is 0 Å². The van der Waals surface area contributed by atoms with E-state index in [-0.39, 0.29) is 0 Å². The molecule has 1 aromatic rings. The Morgan fingerprint density at radius 3 is 3.00 bits per heavy atom. The molecule has 4 heteroatoms. The molecule has 0 radical (unpaired) electrons. The molecule has 1 fully saturated rings. The number of benzene rings is 1. The first kappa shape index (κ1) is 14.2. The molecule has 1 saturated heterocycles. The number of nitrogens with one attached hydrogen (secondary N) is 1. The lowest BCUT2D eigenvalue weighted by atomic mass is 10.1. The normalized spacial score (nSPS) is 20.9. The van der Waals surface area contributed by atoms with Gasteiger partial charge in [0.05, 0.1) is 11.6 Å². The van der Waals surface area contributed by atoms with E-state index in [4.69, 9.17) is 4.74 Å². The molecule has 2 unspecified atom stereocenters. The zero-order valence-corrected chi connectivity index (χ0v) is 13.3. The van der Waals surface area contributed by atoms with Crippen LogP contribution >= 0.6 is 27.7 Å². The van der Waals surface area contributed by atoms with Crippen molar-refractivity contribution in [1.29, 1.82) is 0 Å². The minimum Gasteiger partial charge on any atom is -0.496 e. The summed E-state index contributed by atoms with van der Waals surface area (Å²) in [6, 6.07) is 6.67. The molecule has 0 saturated carbocycles. The van der Waals surface area contributed by atoms with Crippen LogP contribution in [0.25, 0.3) is 0 Å². The summed E-state index contributed by atoms with van der Waals surface area (Å²) < 4.78 is 6.27. The fourth-order valence-electron chi connectivity index (χ4n) is 2.16. The van der Waals surface area contributed by atoms with Gasteiger partial charge >= 0.3 is 0 Å². The van der Waals surface area contributed by atoms with Gasteiger partial charge in [-0.3, -0.25) is 0 Å². The predicted octanol–water partition coefficient (Wildman–Crippen LogP) is 3.86. The highest BCUT2D eigenvalue weighted by atomic mass is 79.9. The molecule has 100 valence electrons. The van der Waals surface area contributed by atoms with Crippen molar-refractivity contribution in [2.24, 2.45) is 5.92 Å². The van der Waals surface area contributed by atoms with E-state index in [0.29, 0.717) is 6.04 Å². The van der Waals surface area contributed by atoms with Gasteiger partial charge < -0.3 is 10.1 Å². The fraction of sp³-hybridized carbons (Fsp3) is 0.571. The average molecular weight is 330 g/mol. The Morgan fingerprint density at radius 2 is 2.39 bits per heavy atom. The van der Waals surface area contributed by atoms with Crippen LogP contribution in [0, 0.1) is 5.92 Å². The second-order valence-corrected chi connectivity index (χ2v) is 6.76. The summed E-state index contributed by atoms with van der Waals surface area (Å²) in [6.07, 6.45) is 1.36. The number of halogens is 1. The summed E-state index contributed by atoms with van der Waals surface area (Å²) in [5.74, 6) is 4.37. The summed E-state index contributed by atoms with van der Waals surface area (Å²) in [5.41, 5.74) is 1.30. The van der Waals surface area contributed by atoms with Crippen LogP contribution in [0.4, 0.5) is 0 Å². The standard InChI is InChI=1S/C14H20BrNOS/c1-10(16-8-11-5-6-18-9-11)12-3-4-14(17-2)13(15)7-12/h3-4,7,10-11,16H,5-6,8-9H2,1-2H3. The number of thioether (sulfide) groups is 1. The topological polar surface area (TPSA) is 21.3 Å². The molecule has 0 amide bonds. The quantitative estimate of drug-likeness (QED) is 0.886. The zero-order chi connectivity index (χ0) is 13.0. The lowest BCUT2D eigenvalue weighted by molar-refractivity contribution is 0.411. The third-order valence-electron chi connectivity index (χ3n) is 3.41. The minimum absolute atomic E-state index is 0.387. The van der Waals surface area contributed by atoms with E-state index in [1.54, 1.807) is 7.11 Å². The summed E-state index contributed by atoms with van der Waals surface area (Å²) in [4.78, 5) is 0. The molecule has 0 aliphatic carbocycles. The third-order valence-corrected chi connectivity index (χ3v) is 5.26. The molecule has 1 aliphatic heterocycles. The van der Waals surface area contributed by atoms with Gasteiger partial charge in [0.2, 0.25) is 0 Å². The lowest BCUT2D eigenvalue weighted by Crippen LogP contribution is -2.25. The first-order valence-corrected chi connectivity index (χ1v) is 8.30.